The summed E-state index contributed by atoms with van der Waals surface area (Å²) >= 11 is 0. The van der Waals surface area contributed by atoms with Gasteiger partial charge in [0, 0.05) is 24.8 Å². The van der Waals surface area contributed by atoms with Crippen LogP contribution in [0.25, 0.3) is 0 Å². The summed E-state index contributed by atoms with van der Waals surface area (Å²) in [5, 5.41) is 3.45. The molecule has 6 nitrogen and oxygen atoms in total. The Hall–Kier alpha value is -2.24. The van der Waals surface area contributed by atoms with E-state index in [0.717, 1.165) is 24.3 Å². The Morgan fingerprint density at radius 2 is 2.00 bits per heavy atom. The molecular formula is C17H23N3O3. The van der Waals surface area contributed by atoms with Gasteiger partial charge in [-0.1, -0.05) is 0 Å². The molecule has 1 aliphatic heterocycles. The van der Waals surface area contributed by atoms with Crippen molar-refractivity contribution in [3.63, 3.8) is 0 Å². The second-order valence-corrected chi connectivity index (χ2v) is 6.41. The van der Waals surface area contributed by atoms with E-state index in [1.165, 1.54) is 0 Å². The molecule has 1 aliphatic carbocycles. The number of methoxy groups -OCH3 is 1. The number of ether oxygens (including phenoxy) is 1. The van der Waals surface area contributed by atoms with E-state index in [2.05, 4.69) is 5.32 Å². The van der Waals surface area contributed by atoms with E-state index in [-0.39, 0.29) is 11.9 Å². The van der Waals surface area contributed by atoms with E-state index in [1.807, 2.05) is 24.3 Å². The molecular weight excluding hydrogens is 294 g/mol. The van der Waals surface area contributed by atoms with Gasteiger partial charge in [0.2, 0.25) is 11.8 Å². The van der Waals surface area contributed by atoms with E-state index >= 15 is 0 Å². The van der Waals surface area contributed by atoms with Crippen LogP contribution >= 0.6 is 0 Å². The summed E-state index contributed by atoms with van der Waals surface area (Å²) in [7, 11) is 1.64. The Kier molecular flexibility index (Phi) is 4.15. The van der Waals surface area contributed by atoms with Crippen LogP contribution in [0, 0.1) is 5.41 Å². The number of likely N-dealkylation sites (tertiary alicyclic amines) is 1. The van der Waals surface area contributed by atoms with Gasteiger partial charge in [-0.05, 0) is 49.9 Å². The SMILES string of the molecule is COc1ccc(N[C@@H]2CCCN(C(=O)C3(C(N)=O)CC3)C2)cc1. The zero-order valence-corrected chi connectivity index (χ0v) is 13.4. The molecule has 2 amide bonds. The third-order valence-corrected chi connectivity index (χ3v) is 4.80. The van der Waals surface area contributed by atoms with Crippen LogP contribution in [0.3, 0.4) is 0 Å². The average Bonchev–Trinajstić information content (AvgIpc) is 3.37. The molecule has 1 saturated carbocycles. The third-order valence-electron chi connectivity index (χ3n) is 4.80. The smallest absolute Gasteiger partial charge is 0.238 e. The summed E-state index contributed by atoms with van der Waals surface area (Å²) in [4.78, 5) is 25.9. The Balaban J connectivity index is 1.62. The minimum atomic E-state index is -0.915. The summed E-state index contributed by atoms with van der Waals surface area (Å²) in [6, 6.07) is 7.92. The number of rotatable bonds is 5. The molecule has 1 heterocycles. The number of piperidine rings is 1. The van der Waals surface area contributed by atoms with Gasteiger partial charge in [-0.2, -0.15) is 0 Å². The van der Waals surface area contributed by atoms with Gasteiger partial charge in [-0.3, -0.25) is 9.59 Å². The highest BCUT2D eigenvalue weighted by molar-refractivity contribution is 6.07. The number of carbonyl (C=O) groups excluding carboxylic acids is 2. The molecule has 1 aromatic carbocycles. The second-order valence-electron chi connectivity index (χ2n) is 6.41. The second kappa shape index (κ2) is 6.10. The van der Waals surface area contributed by atoms with Gasteiger partial charge in [0.25, 0.3) is 0 Å². The van der Waals surface area contributed by atoms with Crippen molar-refractivity contribution < 1.29 is 14.3 Å². The number of nitrogens with zero attached hydrogens (tertiary/aromatic N) is 1. The molecule has 23 heavy (non-hydrogen) atoms. The molecule has 1 aromatic rings. The lowest BCUT2D eigenvalue weighted by atomic mass is 10.00. The number of primary amides is 1. The first-order chi connectivity index (χ1) is 11.0. The summed E-state index contributed by atoms with van der Waals surface area (Å²) in [5.41, 5.74) is 5.50. The Labute approximate surface area is 136 Å². The minimum Gasteiger partial charge on any atom is -0.497 e. The molecule has 1 atom stereocenters. The molecule has 0 aromatic heterocycles. The van der Waals surface area contributed by atoms with Gasteiger partial charge in [0.15, 0.2) is 0 Å². The van der Waals surface area contributed by atoms with Crippen LogP contribution in [0.1, 0.15) is 25.7 Å². The standard InChI is InChI=1S/C17H23N3O3/c1-23-14-6-4-12(5-7-14)19-13-3-2-10-20(11-13)16(22)17(8-9-17)15(18)21/h4-7,13,19H,2-3,8-11H2,1H3,(H2,18,21)/t13-/m1/s1. The lowest BCUT2D eigenvalue weighted by molar-refractivity contribution is -0.143. The highest BCUT2D eigenvalue weighted by atomic mass is 16.5. The van der Waals surface area contributed by atoms with Gasteiger partial charge >= 0.3 is 0 Å². The van der Waals surface area contributed by atoms with Gasteiger partial charge in [-0.25, -0.2) is 0 Å². The topological polar surface area (TPSA) is 84.7 Å². The number of hydrogen-bond acceptors (Lipinski definition) is 4. The Morgan fingerprint density at radius 3 is 2.57 bits per heavy atom. The van der Waals surface area contributed by atoms with E-state index in [0.29, 0.717) is 25.9 Å². The van der Waals surface area contributed by atoms with Crippen molar-refractivity contribution in [1.29, 1.82) is 0 Å². The fourth-order valence-electron chi connectivity index (χ4n) is 3.20. The lowest BCUT2D eigenvalue weighted by Gasteiger charge is -2.35. The molecule has 3 N–H and O–H groups in total. The molecule has 2 fully saturated rings. The van der Waals surface area contributed by atoms with E-state index in [4.69, 9.17) is 10.5 Å². The Morgan fingerprint density at radius 1 is 1.30 bits per heavy atom. The maximum atomic E-state index is 12.6. The first kappa shape index (κ1) is 15.6. The maximum absolute atomic E-state index is 12.6. The summed E-state index contributed by atoms with van der Waals surface area (Å²) in [6.45, 7) is 1.31. The lowest BCUT2D eigenvalue weighted by Crippen LogP contribution is -2.50. The van der Waals surface area contributed by atoms with Crippen LogP contribution in [0.2, 0.25) is 0 Å². The van der Waals surface area contributed by atoms with E-state index in [9.17, 15) is 9.59 Å². The maximum Gasteiger partial charge on any atom is 0.238 e. The molecule has 124 valence electrons. The quantitative estimate of drug-likeness (QED) is 0.803. The fourth-order valence-corrected chi connectivity index (χ4v) is 3.20. The monoisotopic (exact) mass is 317 g/mol. The minimum absolute atomic E-state index is 0.0915. The summed E-state index contributed by atoms with van der Waals surface area (Å²) < 4.78 is 5.15. The molecule has 0 bridgehead atoms. The zero-order valence-electron chi connectivity index (χ0n) is 13.4. The van der Waals surface area contributed by atoms with Crippen LogP contribution in [-0.4, -0.2) is 43.0 Å². The van der Waals surface area contributed by atoms with Crippen molar-refractivity contribution >= 4 is 17.5 Å². The molecule has 0 radical (unpaired) electrons. The molecule has 3 rings (SSSR count). The molecule has 6 heteroatoms. The van der Waals surface area contributed by atoms with Gasteiger partial charge in [-0.15, -0.1) is 0 Å². The van der Waals surface area contributed by atoms with Crippen LogP contribution in [0.15, 0.2) is 24.3 Å². The third kappa shape index (κ3) is 3.11. The highest BCUT2D eigenvalue weighted by Crippen LogP contribution is 2.47. The fraction of sp³-hybridized carbons (Fsp3) is 0.529. The Bertz CT molecular complexity index is 596. The van der Waals surface area contributed by atoms with Crippen molar-refractivity contribution in [3.8, 4) is 5.75 Å². The predicted molar refractivity (Wildman–Crippen MR) is 87.1 cm³/mol. The normalized spacial score (nSPS) is 22.3. The first-order valence-corrected chi connectivity index (χ1v) is 8.05. The first-order valence-electron chi connectivity index (χ1n) is 8.05. The number of hydrogen-bond donors (Lipinski definition) is 2. The number of carbonyl (C=O) groups is 2. The van der Waals surface area contributed by atoms with Crippen molar-refractivity contribution in [3.05, 3.63) is 24.3 Å². The highest BCUT2D eigenvalue weighted by Gasteiger charge is 2.57. The summed E-state index contributed by atoms with van der Waals surface area (Å²) in [6.07, 6.45) is 3.11. The van der Waals surface area contributed by atoms with Crippen molar-refractivity contribution in [1.82, 2.24) is 4.90 Å². The van der Waals surface area contributed by atoms with Crippen LogP contribution in [0.5, 0.6) is 5.75 Å². The number of nitrogens with two attached hydrogens (primary N) is 1. The van der Waals surface area contributed by atoms with Crippen LogP contribution in [-0.2, 0) is 9.59 Å². The van der Waals surface area contributed by atoms with Crippen LogP contribution in [0.4, 0.5) is 5.69 Å². The molecule has 2 aliphatic rings. The van der Waals surface area contributed by atoms with Gasteiger partial charge in [0.1, 0.15) is 11.2 Å². The average molecular weight is 317 g/mol. The van der Waals surface area contributed by atoms with E-state index in [1.54, 1.807) is 12.0 Å². The molecule has 1 saturated heterocycles. The van der Waals surface area contributed by atoms with Crippen molar-refractivity contribution in [2.75, 3.05) is 25.5 Å². The predicted octanol–water partition coefficient (Wildman–Crippen LogP) is 1.36. The number of amides is 2. The largest absolute Gasteiger partial charge is 0.497 e. The van der Waals surface area contributed by atoms with Crippen LogP contribution < -0.4 is 15.8 Å². The van der Waals surface area contributed by atoms with Gasteiger partial charge < -0.3 is 20.7 Å². The van der Waals surface area contributed by atoms with Crippen molar-refractivity contribution in [2.24, 2.45) is 11.1 Å². The zero-order chi connectivity index (χ0) is 16.4. The molecule has 0 unspecified atom stereocenters. The van der Waals surface area contributed by atoms with Gasteiger partial charge in [0.05, 0.1) is 7.11 Å². The molecule has 0 spiro atoms. The van der Waals surface area contributed by atoms with E-state index < -0.39 is 11.3 Å². The summed E-state index contributed by atoms with van der Waals surface area (Å²) in [5.74, 6) is 0.243. The number of benzene rings is 1. The number of anilines is 1. The number of nitrogens with one attached hydrogen (secondary N) is 1. The van der Waals surface area contributed by atoms with Crippen molar-refractivity contribution in [2.45, 2.75) is 31.7 Å².